The Bertz CT molecular complexity index is 328. The number of nitrogens with one attached hydrogen (secondary N) is 1. The Morgan fingerprint density at radius 2 is 2.18 bits per heavy atom. The van der Waals surface area contributed by atoms with Crippen LogP contribution in [0.15, 0.2) is 17.5 Å². The first-order valence-corrected chi connectivity index (χ1v) is 7.55. The molecule has 1 saturated carbocycles. The molecule has 1 aromatic rings. The van der Waals surface area contributed by atoms with Gasteiger partial charge in [0.05, 0.1) is 5.60 Å². The highest BCUT2D eigenvalue weighted by Crippen LogP contribution is 2.42. The SMILES string of the molecule is CCC(O)(CC)CNC(c1cccs1)C1CC1. The van der Waals surface area contributed by atoms with E-state index in [0.717, 1.165) is 18.8 Å². The van der Waals surface area contributed by atoms with Crippen LogP contribution in [-0.4, -0.2) is 17.3 Å². The molecule has 0 spiro atoms. The van der Waals surface area contributed by atoms with Crippen LogP contribution in [-0.2, 0) is 0 Å². The molecule has 0 radical (unpaired) electrons. The zero-order chi connectivity index (χ0) is 12.3. The van der Waals surface area contributed by atoms with Crippen LogP contribution < -0.4 is 5.32 Å². The number of hydrogen-bond acceptors (Lipinski definition) is 3. The predicted octanol–water partition coefficient (Wildman–Crippen LogP) is 3.34. The molecular formula is C14H23NOS. The fourth-order valence-corrected chi connectivity index (χ4v) is 3.09. The largest absolute Gasteiger partial charge is 0.389 e. The standard InChI is InChI=1S/C14H23NOS/c1-3-14(16,4-2)10-15-13(11-7-8-11)12-6-5-9-17-12/h5-6,9,11,13,15-16H,3-4,7-8,10H2,1-2H3. The van der Waals surface area contributed by atoms with Crippen LogP contribution >= 0.6 is 11.3 Å². The molecule has 0 amide bonds. The summed E-state index contributed by atoms with van der Waals surface area (Å²) in [5.74, 6) is 0.784. The van der Waals surface area contributed by atoms with Crippen LogP contribution in [0.1, 0.15) is 50.4 Å². The van der Waals surface area contributed by atoms with E-state index >= 15 is 0 Å². The van der Waals surface area contributed by atoms with Crippen molar-refractivity contribution in [1.29, 1.82) is 0 Å². The van der Waals surface area contributed by atoms with E-state index in [-0.39, 0.29) is 0 Å². The van der Waals surface area contributed by atoms with Crippen LogP contribution in [0.5, 0.6) is 0 Å². The quantitative estimate of drug-likeness (QED) is 0.781. The van der Waals surface area contributed by atoms with Gasteiger partial charge in [-0.2, -0.15) is 0 Å². The second kappa shape index (κ2) is 5.51. The third kappa shape index (κ3) is 3.30. The Balaban J connectivity index is 1.95. The van der Waals surface area contributed by atoms with Gasteiger partial charge in [0, 0.05) is 17.5 Å². The first-order valence-electron chi connectivity index (χ1n) is 6.67. The lowest BCUT2D eigenvalue weighted by molar-refractivity contribution is 0.0292. The molecular weight excluding hydrogens is 230 g/mol. The molecule has 1 heterocycles. The van der Waals surface area contributed by atoms with Gasteiger partial charge < -0.3 is 10.4 Å². The normalized spacial score (nSPS) is 18.3. The van der Waals surface area contributed by atoms with Gasteiger partial charge >= 0.3 is 0 Å². The molecule has 0 aliphatic heterocycles. The van der Waals surface area contributed by atoms with Crippen molar-refractivity contribution in [2.45, 2.75) is 51.2 Å². The van der Waals surface area contributed by atoms with E-state index < -0.39 is 5.60 Å². The lowest BCUT2D eigenvalue weighted by Crippen LogP contribution is -2.41. The third-order valence-corrected chi connectivity index (χ3v) is 4.87. The molecule has 0 saturated heterocycles. The summed E-state index contributed by atoms with van der Waals surface area (Å²) in [6.45, 7) is 4.82. The molecule has 17 heavy (non-hydrogen) atoms. The second-order valence-electron chi connectivity index (χ2n) is 5.14. The molecule has 96 valence electrons. The molecule has 1 aliphatic carbocycles. The van der Waals surface area contributed by atoms with Crippen LogP contribution in [0.2, 0.25) is 0 Å². The van der Waals surface area contributed by atoms with Gasteiger partial charge in [0.25, 0.3) is 0 Å². The Morgan fingerprint density at radius 3 is 2.65 bits per heavy atom. The highest BCUT2D eigenvalue weighted by atomic mass is 32.1. The lowest BCUT2D eigenvalue weighted by atomic mass is 9.96. The Morgan fingerprint density at radius 1 is 1.47 bits per heavy atom. The van der Waals surface area contributed by atoms with Gasteiger partial charge in [-0.1, -0.05) is 19.9 Å². The number of hydrogen-bond donors (Lipinski definition) is 2. The van der Waals surface area contributed by atoms with E-state index in [1.54, 1.807) is 0 Å². The summed E-state index contributed by atoms with van der Waals surface area (Å²) in [5.41, 5.74) is -0.537. The van der Waals surface area contributed by atoms with E-state index in [1.165, 1.54) is 17.7 Å². The topological polar surface area (TPSA) is 32.3 Å². The Labute approximate surface area is 108 Å². The van der Waals surface area contributed by atoms with E-state index in [2.05, 4.69) is 36.7 Å². The van der Waals surface area contributed by atoms with Crippen molar-refractivity contribution in [2.75, 3.05) is 6.54 Å². The summed E-state index contributed by atoms with van der Waals surface area (Å²) in [7, 11) is 0. The van der Waals surface area contributed by atoms with Gasteiger partial charge in [-0.15, -0.1) is 11.3 Å². The van der Waals surface area contributed by atoms with Crippen molar-refractivity contribution in [1.82, 2.24) is 5.32 Å². The molecule has 0 bridgehead atoms. The van der Waals surface area contributed by atoms with E-state index in [4.69, 9.17) is 0 Å². The van der Waals surface area contributed by atoms with Crippen molar-refractivity contribution >= 4 is 11.3 Å². The summed E-state index contributed by atoms with van der Waals surface area (Å²) in [6.07, 6.45) is 4.29. The Hall–Kier alpha value is -0.380. The summed E-state index contributed by atoms with van der Waals surface area (Å²) in [5, 5.41) is 16.0. The summed E-state index contributed by atoms with van der Waals surface area (Å²) in [4.78, 5) is 1.42. The predicted molar refractivity (Wildman–Crippen MR) is 73.3 cm³/mol. The van der Waals surface area contributed by atoms with Gasteiger partial charge in [-0.25, -0.2) is 0 Å². The summed E-state index contributed by atoms with van der Waals surface area (Å²) >= 11 is 1.82. The fraction of sp³-hybridized carbons (Fsp3) is 0.714. The molecule has 1 fully saturated rings. The van der Waals surface area contributed by atoms with E-state index in [1.807, 2.05) is 11.3 Å². The average molecular weight is 253 g/mol. The number of rotatable bonds is 7. The first kappa shape index (κ1) is 13.1. The minimum absolute atomic E-state index is 0.458. The summed E-state index contributed by atoms with van der Waals surface area (Å²) < 4.78 is 0. The van der Waals surface area contributed by atoms with Crippen molar-refractivity contribution in [3.8, 4) is 0 Å². The smallest absolute Gasteiger partial charge is 0.0766 e. The second-order valence-corrected chi connectivity index (χ2v) is 6.12. The van der Waals surface area contributed by atoms with Gasteiger partial charge in [-0.05, 0) is 43.0 Å². The minimum Gasteiger partial charge on any atom is -0.389 e. The maximum Gasteiger partial charge on any atom is 0.0766 e. The molecule has 1 atom stereocenters. The van der Waals surface area contributed by atoms with Crippen molar-refractivity contribution in [3.05, 3.63) is 22.4 Å². The lowest BCUT2D eigenvalue weighted by Gasteiger charge is -2.28. The molecule has 2 nitrogen and oxygen atoms in total. The van der Waals surface area contributed by atoms with Gasteiger partial charge in [0.2, 0.25) is 0 Å². The molecule has 0 aromatic carbocycles. The van der Waals surface area contributed by atoms with E-state index in [0.29, 0.717) is 12.6 Å². The van der Waals surface area contributed by atoms with Gasteiger partial charge in [-0.3, -0.25) is 0 Å². The Kier molecular flexibility index (Phi) is 4.23. The maximum absolute atomic E-state index is 10.3. The van der Waals surface area contributed by atoms with Gasteiger partial charge in [0.1, 0.15) is 0 Å². The molecule has 2 N–H and O–H groups in total. The van der Waals surface area contributed by atoms with E-state index in [9.17, 15) is 5.11 Å². The highest BCUT2D eigenvalue weighted by Gasteiger charge is 2.34. The van der Waals surface area contributed by atoms with Crippen LogP contribution in [0.25, 0.3) is 0 Å². The zero-order valence-corrected chi connectivity index (χ0v) is 11.6. The van der Waals surface area contributed by atoms with Gasteiger partial charge in [0.15, 0.2) is 0 Å². The van der Waals surface area contributed by atoms with Crippen LogP contribution in [0.4, 0.5) is 0 Å². The molecule has 1 aliphatic rings. The molecule has 1 aromatic heterocycles. The van der Waals surface area contributed by atoms with Crippen molar-refractivity contribution in [2.24, 2.45) is 5.92 Å². The number of aliphatic hydroxyl groups is 1. The first-order chi connectivity index (χ1) is 8.18. The van der Waals surface area contributed by atoms with Crippen molar-refractivity contribution in [3.63, 3.8) is 0 Å². The molecule has 3 heteroatoms. The molecule has 2 rings (SSSR count). The fourth-order valence-electron chi connectivity index (χ4n) is 2.20. The zero-order valence-electron chi connectivity index (χ0n) is 10.8. The minimum atomic E-state index is -0.537. The highest BCUT2D eigenvalue weighted by molar-refractivity contribution is 7.10. The van der Waals surface area contributed by atoms with Crippen LogP contribution in [0, 0.1) is 5.92 Å². The molecule has 1 unspecified atom stereocenters. The number of thiophene rings is 1. The maximum atomic E-state index is 10.3. The third-order valence-electron chi connectivity index (χ3n) is 3.91. The van der Waals surface area contributed by atoms with Crippen molar-refractivity contribution < 1.29 is 5.11 Å². The average Bonchev–Trinajstić information content (AvgIpc) is 3.04. The summed E-state index contributed by atoms with van der Waals surface area (Å²) in [6, 6.07) is 4.78. The van der Waals surface area contributed by atoms with Crippen LogP contribution in [0.3, 0.4) is 0 Å². The monoisotopic (exact) mass is 253 g/mol.